The summed E-state index contributed by atoms with van der Waals surface area (Å²) in [5.74, 6) is 1.95. The van der Waals surface area contributed by atoms with Crippen LogP contribution in [0.3, 0.4) is 0 Å². The van der Waals surface area contributed by atoms with E-state index < -0.39 is 0 Å². The third kappa shape index (κ3) is 2.67. The minimum absolute atomic E-state index is 0.237. The summed E-state index contributed by atoms with van der Waals surface area (Å²) in [6, 6.07) is 0.237. The van der Waals surface area contributed by atoms with Crippen molar-refractivity contribution in [3.05, 3.63) is 0 Å². The zero-order valence-electron chi connectivity index (χ0n) is 8.79. The molecule has 13 heavy (non-hydrogen) atoms. The summed E-state index contributed by atoms with van der Waals surface area (Å²) in [4.78, 5) is 14.2. The molecule has 0 bridgehead atoms. The van der Waals surface area contributed by atoms with Crippen LogP contribution in [0.1, 0.15) is 40.0 Å². The van der Waals surface area contributed by atoms with Gasteiger partial charge in [-0.15, -0.1) is 0 Å². The second-order valence-electron chi connectivity index (χ2n) is 4.61. The van der Waals surface area contributed by atoms with E-state index >= 15 is 0 Å². The standard InChI is InChI=1S/C11H19NO/c1-8(2)10-5-4-9(3)6-11(10)12-7-13/h8-11H,4-6H2,1-3H3/t9-,10+,11-/m1/s1. The first kappa shape index (κ1) is 10.5. The van der Waals surface area contributed by atoms with Gasteiger partial charge >= 0.3 is 0 Å². The first-order valence-corrected chi connectivity index (χ1v) is 5.22. The lowest BCUT2D eigenvalue weighted by Crippen LogP contribution is -2.30. The van der Waals surface area contributed by atoms with Gasteiger partial charge in [-0.3, -0.25) is 0 Å². The Morgan fingerprint density at radius 3 is 2.62 bits per heavy atom. The van der Waals surface area contributed by atoms with Gasteiger partial charge in [0.15, 0.2) is 0 Å². The van der Waals surface area contributed by atoms with E-state index in [1.807, 2.05) is 0 Å². The molecule has 0 radical (unpaired) electrons. The van der Waals surface area contributed by atoms with E-state index in [1.54, 1.807) is 6.08 Å². The van der Waals surface area contributed by atoms with Crippen LogP contribution in [0.4, 0.5) is 0 Å². The van der Waals surface area contributed by atoms with Crippen LogP contribution in [0, 0.1) is 17.8 Å². The van der Waals surface area contributed by atoms with Crippen LogP contribution in [0.15, 0.2) is 4.99 Å². The molecular weight excluding hydrogens is 162 g/mol. The van der Waals surface area contributed by atoms with Gasteiger partial charge in [-0.1, -0.05) is 27.2 Å². The van der Waals surface area contributed by atoms with E-state index in [2.05, 4.69) is 25.8 Å². The van der Waals surface area contributed by atoms with Gasteiger partial charge in [-0.2, -0.15) is 0 Å². The number of hydrogen-bond acceptors (Lipinski definition) is 2. The number of carbonyl (C=O) groups excluding carboxylic acids is 1. The third-order valence-electron chi connectivity index (χ3n) is 3.21. The second kappa shape index (κ2) is 4.57. The Morgan fingerprint density at radius 1 is 1.38 bits per heavy atom. The molecule has 0 aliphatic heterocycles. The van der Waals surface area contributed by atoms with Gasteiger partial charge in [0.2, 0.25) is 6.08 Å². The predicted octanol–water partition coefficient (Wildman–Crippen LogP) is 2.78. The minimum atomic E-state index is 0.237. The SMILES string of the molecule is CC(C)[C@@H]1CC[C@@H](C)C[C@H]1N=C=O. The minimum Gasteiger partial charge on any atom is -0.211 e. The van der Waals surface area contributed by atoms with Gasteiger partial charge < -0.3 is 0 Å². The van der Waals surface area contributed by atoms with Crippen molar-refractivity contribution in [3.8, 4) is 0 Å². The van der Waals surface area contributed by atoms with Crippen LogP contribution in [0.5, 0.6) is 0 Å². The highest BCUT2D eigenvalue weighted by Gasteiger charge is 2.30. The molecule has 1 saturated carbocycles. The van der Waals surface area contributed by atoms with Crippen LogP contribution in [0.2, 0.25) is 0 Å². The van der Waals surface area contributed by atoms with Crippen LogP contribution in [-0.2, 0) is 4.79 Å². The van der Waals surface area contributed by atoms with E-state index in [0.717, 1.165) is 12.3 Å². The Balaban J connectivity index is 2.65. The molecule has 0 aromatic rings. The van der Waals surface area contributed by atoms with Crippen molar-refractivity contribution in [2.24, 2.45) is 22.7 Å². The predicted molar refractivity (Wildman–Crippen MR) is 53.3 cm³/mol. The molecule has 1 rings (SSSR count). The Kier molecular flexibility index (Phi) is 3.68. The highest BCUT2D eigenvalue weighted by Crippen LogP contribution is 2.34. The van der Waals surface area contributed by atoms with Crippen molar-refractivity contribution >= 4 is 6.08 Å². The smallest absolute Gasteiger partial charge is 0.211 e. The first-order valence-electron chi connectivity index (χ1n) is 5.22. The molecule has 0 saturated heterocycles. The number of hydrogen-bond donors (Lipinski definition) is 0. The van der Waals surface area contributed by atoms with Crippen LogP contribution in [-0.4, -0.2) is 12.1 Å². The molecule has 0 heterocycles. The quantitative estimate of drug-likeness (QED) is 0.476. The van der Waals surface area contributed by atoms with E-state index in [9.17, 15) is 4.79 Å². The van der Waals surface area contributed by atoms with Crippen molar-refractivity contribution in [1.82, 2.24) is 0 Å². The summed E-state index contributed by atoms with van der Waals surface area (Å²) in [6.45, 7) is 6.67. The van der Waals surface area contributed by atoms with Gasteiger partial charge in [0.1, 0.15) is 0 Å². The molecule has 74 valence electrons. The normalized spacial score (nSPS) is 34.3. The Morgan fingerprint density at radius 2 is 2.08 bits per heavy atom. The Bertz CT molecular complexity index is 206. The Labute approximate surface area is 80.4 Å². The lowest BCUT2D eigenvalue weighted by atomic mass is 9.74. The van der Waals surface area contributed by atoms with E-state index in [-0.39, 0.29) is 6.04 Å². The zero-order valence-corrected chi connectivity index (χ0v) is 8.79. The Hall–Kier alpha value is -0.620. The molecule has 1 aliphatic rings. The maximum absolute atomic E-state index is 10.3. The average molecular weight is 181 g/mol. The average Bonchev–Trinajstić information content (AvgIpc) is 2.04. The van der Waals surface area contributed by atoms with Gasteiger partial charge in [-0.05, 0) is 30.6 Å². The molecule has 0 spiro atoms. The molecule has 0 amide bonds. The van der Waals surface area contributed by atoms with E-state index in [0.29, 0.717) is 11.8 Å². The highest BCUT2D eigenvalue weighted by atomic mass is 16.1. The summed E-state index contributed by atoms with van der Waals surface area (Å²) in [6.07, 6.45) is 5.29. The molecule has 0 N–H and O–H groups in total. The summed E-state index contributed by atoms with van der Waals surface area (Å²) in [5.41, 5.74) is 0. The van der Waals surface area contributed by atoms with Gasteiger partial charge in [0.25, 0.3) is 0 Å². The lowest BCUT2D eigenvalue weighted by molar-refractivity contribution is 0.201. The monoisotopic (exact) mass is 181 g/mol. The van der Waals surface area contributed by atoms with E-state index in [1.165, 1.54) is 12.8 Å². The molecule has 0 aromatic heterocycles. The fraction of sp³-hybridized carbons (Fsp3) is 0.909. The maximum atomic E-state index is 10.3. The highest BCUT2D eigenvalue weighted by molar-refractivity contribution is 5.33. The summed E-state index contributed by atoms with van der Waals surface area (Å²) in [7, 11) is 0. The number of isocyanates is 1. The molecule has 1 fully saturated rings. The number of aliphatic imine (C=N–C) groups is 1. The number of rotatable bonds is 2. The summed E-state index contributed by atoms with van der Waals surface area (Å²) in [5, 5.41) is 0. The van der Waals surface area contributed by atoms with Gasteiger partial charge in [0, 0.05) is 0 Å². The van der Waals surface area contributed by atoms with Crippen LogP contribution < -0.4 is 0 Å². The van der Waals surface area contributed by atoms with Crippen molar-refractivity contribution < 1.29 is 4.79 Å². The molecule has 1 aliphatic carbocycles. The van der Waals surface area contributed by atoms with Crippen LogP contribution in [0.25, 0.3) is 0 Å². The molecular formula is C11H19NO. The van der Waals surface area contributed by atoms with Crippen molar-refractivity contribution in [2.75, 3.05) is 0 Å². The second-order valence-corrected chi connectivity index (χ2v) is 4.61. The maximum Gasteiger partial charge on any atom is 0.235 e. The van der Waals surface area contributed by atoms with Crippen molar-refractivity contribution in [2.45, 2.75) is 46.1 Å². The summed E-state index contributed by atoms with van der Waals surface area (Å²) < 4.78 is 0. The fourth-order valence-corrected chi connectivity index (χ4v) is 2.37. The molecule has 0 unspecified atom stereocenters. The lowest BCUT2D eigenvalue weighted by Gasteiger charge is -2.33. The summed E-state index contributed by atoms with van der Waals surface area (Å²) >= 11 is 0. The molecule has 0 aromatic carbocycles. The van der Waals surface area contributed by atoms with Gasteiger partial charge in [-0.25, -0.2) is 9.79 Å². The fourth-order valence-electron chi connectivity index (χ4n) is 2.37. The first-order chi connectivity index (χ1) is 6.15. The van der Waals surface area contributed by atoms with Crippen molar-refractivity contribution in [1.29, 1.82) is 0 Å². The van der Waals surface area contributed by atoms with Crippen LogP contribution >= 0.6 is 0 Å². The largest absolute Gasteiger partial charge is 0.235 e. The van der Waals surface area contributed by atoms with Gasteiger partial charge in [0.05, 0.1) is 6.04 Å². The topological polar surface area (TPSA) is 29.4 Å². The van der Waals surface area contributed by atoms with Crippen molar-refractivity contribution in [3.63, 3.8) is 0 Å². The molecule has 3 atom stereocenters. The molecule has 2 heteroatoms. The number of nitrogens with zero attached hydrogens (tertiary/aromatic N) is 1. The third-order valence-corrected chi connectivity index (χ3v) is 3.21. The van der Waals surface area contributed by atoms with E-state index in [4.69, 9.17) is 0 Å². The zero-order chi connectivity index (χ0) is 9.84. The molecule has 2 nitrogen and oxygen atoms in total.